The van der Waals surface area contributed by atoms with E-state index in [0.29, 0.717) is 6.04 Å². The molecule has 0 spiro atoms. The normalized spacial score (nSPS) is 22.2. The zero-order chi connectivity index (χ0) is 13.4. The number of hydrogen-bond donors (Lipinski definition) is 2. The molecule has 20 heavy (non-hydrogen) atoms. The molecule has 2 heterocycles. The molecule has 1 saturated heterocycles. The van der Waals surface area contributed by atoms with E-state index < -0.39 is 0 Å². The molecule has 3 heteroatoms. The highest BCUT2D eigenvalue weighted by molar-refractivity contribution is 5.79. The van der Waals surface area contributed by atoms with Crippen LogP contribution in [0.2, 0.25) is 0 Å². The molecule has 2 aliphatic rings. The number of fused-ring (bicyclic) bond motifs is 1. The van der Waals surface area contributed by atoms with E-state index in [0.717, 1.165) is 19.0 Å². The monoisotopic (exact) mass is 269 g/mol. The van der Waals surface area contributed by atoms with Crippen LogP contribution in [0.1, 0.15) is 30.9 Å². The predicted molar refractivity (Wildman–Crippen MR) is 82.8 cm³/mol. The first-order valence-corrected chi connectivity index (χ1v) is 7.92. The topological polar surface area (TPSA) is 31.1 Å². The molecule has 0 radical (unpaired) electrons. The van der Waals surface area contributed by atoms with E-state index in [2.05, 4.69) is 39.5 Å². The van der Waals surface area contributed by atoms with Gasteiger partial charge < -0.3 is 10.3 Å². The fraction of sp³-hybridized carbons (Fsp3) is 0.529. The summed E-state index contributed by atoms with van der Waals surface area (Å²) in [7, 11) is 0. The second kappa shape index (κ2) is 5.23. The summed E-state index contributed by atoms with van der Waals surface area (Å²) in [5.74, 6) is 0.967. The standard InChI is InChI=1S/C17H23N3/c1-2-13(1)11-17(20-9-7-18-8-10-20)15-4-3-14-5-6-19-16(14)12-15/h3-6,12-13,17-19H,1-2,7-11H2/t17-/m1/s1. The number of aromatic amines is 1. The first kappa shape index (κ1) is 12.4. The Balaban J connectivity index is 1.64. The van der Waals surface area contributed by atoms with E-state index in [1.807, 2.05) is 6.20 Å². The van der Waals surface area contributed by atoms with E-state index in [1.54, 1.807) is 0 Å². The molecular weight excluding hydrogens is 246 g/mol. The smallest absolute Gasteiger partial charge is 0.0457 e. The minimum Gasteiger partial charge on any atom is -0.361 e. The second-order valence-electron chi connectivity index (χ2n) is 6.31. The lowest BCUT2D eigenvalue weighted by Gasteiger charge is -2.35. The van der Waals surface area contributed by atoms with Crippen LogP contribution >= 0.6 is 0 Å². The maximum absolute atomic E-state index is 3.47. The van der Waals surface area contributed by atoms with Crippen molar-refractivity contribution in [2.75, 3.05) is 26.2 Å². The number of nitrogens with zero attached hydrogens (tertiary/aromatic N) is 1. The molecule has 2 fully saturated rings. The molecule has 1 saturated carbocycles. The number of nitrogens with one attached hydrogen (secondary N) is 2. The first-order valence-electron chi connectivity index (χ1n) is 7.92. The van der Waals surface area contributed by atoms with Crippen molar-refractivity contribution in [2.45, 2.75) is 25.3 Å². The Morgan fingerprint density at radius 2 is 2.00 bits per heavy atom. The van der Waals surface area contributed by atoms with Crippen LogP contribution in [0.5, 0.6) is 0 Å². The number of aromatic nitrogens is 1. The van der Waals surface area contributed by atoms with Gasteiger partial charge in [-0.1, -0.05) is 25.0 Å². The van der Waals surface area contributed by atoms with Gasteiger partial charge in [-0.3, -0.25) is 4.90 Å². The van der Waals surface area contributed by atoms with Crippen molar-refractivity contribution in [3.63, 3.8) is 0 Å². The Hall–Kier alpha value is -1.32. The Kier molecular flexibility index (Phi) is 3.25. The van der Waals surface area contributed by atoms with Crippen LogP contribution in [-0.2, 0) is 0 Å². The van der Waals surface area contributed by atoms with Gasteiger partial charge in [0.15, 0.2) is 0 Å². The van der Waals surface area contributed by atoms with Crippen molar-refractivity contribution < 1.29 is 0 Å². The average Bonchev–Trinajstić information content (AvgIpc) is 3.20. The van der Waals surface area contributed by atoms with Crippen LogP contribution in [0.25, 0.3) is 10.9 Å². The molecule has 3 nitrogen and oxygen atoms in total. The van der Waals surface area contributed by atoms with Crippen LogP contribution in [0, 0.1) is 5.92 Å². The number of benzene rings is 1. The lowest BCUT2D eigenvalue weighted by Crippen LogP contribution is -2.45. The van der Waals surface area contributed by atoms with Crippen molar-refractivity contribution >= 4 is 10.9 Å². The van der Waals surface area contributed by atoms with Crippen molar-refractivity contribution in [3.05, 3.63) is 36.0 Å². The highest BCUT2D eigenvalue weighted by Gasteiger charge is 2.30. The number of hydrogen-bond acceptors (Lipinski definition) is 2. The third kappa shape index (κ3) is 2.48. The van der Waals surface area contributed by atoms with Crippen LogP contribution < -0.4 is 5.32 Å². The van der Waals surface area contributed by atoms with E-state index in [-0.39, 0.29) is 0 Å². The van der Waals surface area contributed by atoms with Crippen LogP contribution in [-0.4, -0.2) is 36.1 Å². The summed E-state index contributed by atoms with van der Waals surface area (Å²) < 4.78 is 0. The van der Waals surface area contributed by atoms with E-state index in [9.17, 15) is 0 Å². The quantitative estimate of drug-likeness (QED) is 0.894. The summed E-state index contributed by atoms with van der Waals surface area (Å²) in [6.45, 7) is 4.62. The zero-order valence-corrected chi connectivity index (χ0v) is 11.9. The van der Waals surface area contributed by atoms with Gasteiger partial charge in [0.1, 0.15) is 0 Å². The molecule has 4 rings (SSSR count). The fourth-order valence-corrected chi connectivity index (χ4v) is 3.43. The molecule has 106 valence electrons. The highest BCUT2D eigenvalue weighted by Crippen LogP contribution is 2.40. The summed E-state index contributed by atoms with van der Waals surface area (Å²) in [6.07, 6.45) is 6.25. The van der Waals surface area contributed by atoms with Gasteiger partial charge in [0, 0.05) is 43.9 Å². The van der Waals surface area contributed by atoms with Gasteiger partial charge in [-0.05, 0) is 35.4 Å². The molecule has 1 aromatic heterocycles. The van der Waals surface area contributed by atoms with Crippen molar-refractivity contribution in [1.82, 2.24) is 15.2 Å². The Morgan fingerprint density at radius 1 is 1.15 bits per heavy atom. The van der Waals surface area contributed by atoms with Crippen LogP contribution in [0.3, 0.4) is 0 Å². The molecule has 1 aliphatic carbocycles. The molecule has 0 bridgehead atoms. The molecule has 2 N–H and O–H groups in total. The van der Waals surface area contributed by atoms with Crippen LogP contribution in [0.4, 0.5) is 0 Å². The molecule has 1 aliphatic heterocycles. The highest BCUT2D eigenvalue weighted by atomic mass is 15.2. The number of rotatable bonds is 4. The number of H-pyrrole nitrogens is 1. The summed E-state index contributed by atoms with van der Waals surface area (Å²) in [5, 5.41) is 4.79. The van der Waals surface area contributed by atoms with Gasteiger partial charge in [-0.15, -0.1) is 0 Å². The van der Waals surface area contributed by atoms with E-state index in [4.69, 9.17) is 0 Å². The third-order valence-corrected chi connectivity index (χ3v) is 4.81. The van der Waals surface area contributed by atoms with Crippen LogP contribution in [0.15, 0.2) is 30.5 Å². The molecule has 2 aromatic rings. The summed E-state index contributed by atoms with van der Waals surface area (Å²) in [6, 6.07) is 9.73. The molecular formula is C17H23N3. The lowest BCUT2D eigenvalue weighted by molar-refractivity contribution is 0.160. The Labute approximate surface area is 120 Å². The SMILES string of the molecule is c1cc2ccc([C@@H](CC3CC3)N3CCNCC3)cc2[nH]1. The Bertz CT molecular complexity index is 579. The molecule has 1 aromatic carbocycles. The zero-order valence-electron chi connectivity index (χ0n) is 11.9. The van der Waals surface area contributed by atoms with Gasteiger partial charge in [-0.2, -0.15) is 0 Å². The Morgan fingerprint density at radius 3 is 2.80 bits per heavy atom. The number of piperazine rings is 1. The first-order chi connectivity index (χ1) is 9.90. The minimum absolute atomic E-state index is 0.609. The maximum Gasteiger partial charge on any atom is 0.0457 e. The van der Waals surface area contributed by atoms with Crippen molar-refractivity contribution in [1.29, 1.82) is 0 Å². The minimum atomic E-state index is 0.609. The molecule has 1 atom stereocenters. The van der Waals surface area contributed by atoms with Gasteiger partial charge >= 0.3 is 0 Å². The summed E-state index contributed by atoms with van der Waals surface area (Å²) >= 11 is 0. The fourth-order valence-electron chi connectivity index (χ4n) is 3.43. The molecule has 0 unspecified atom stereocenters. The predicted octanol–water partition coefficient (Wildman–Crippen LogP) is 2.91. The summed E-state index contributed by atoms with van der Waals surface area (Å²) in [5.41, 5.74) is 2.77. The van der Waals surface area contributed by atoms with E-state index >= 15 is 0 Å². The van der Waals surface area contributed by atoms with Gasteiger partial charge in [0.05, 0.1) is 0 Å². The van der Waals surface area contributed by atoms with Gasteiger partial charge in [0.25, 0.3) is 0 Å². The van der Waals surface area contributed by atoms with Gasteiger partial charge in [-0.25, -0.2) is 0 Å². The van der Waals surface area contributed by atoms with E-state index in [1.165, 1.54) is 48.8 Å². The lowest BCUT2D eigenvalue weighted by atomic mass is 9.98. The second-order valence-corrected chi connectivity index (χ2v) is 6.31. The molecule has 0 amide bonds. The third-order valence-electron chi connectivity index (χ3n) is 4.81. The largest absolute Gasteiger partial charge is 0.361 e. The van der Waals surface area contributed by atoms with Crippen molar-refractivity contribution in [2.24, 2.45) is 5.92 Å². The summed E-state index contributed by atoms with van der Waals surface area (Å²) in [4.78, 5) is 6.04. The van der Waals surface area contributed by atoms with Crippen molar-refractivity contribution in [3.8, 4) is 0 Å². The van der Waals surface area contributed by atoms with Gasteiger partial charge in [0.2, 0.25) is 0 Å². The average molecular weight is 269 g/mol. The maximum atomic E-state index is 3.47.